The number of hydrogen-bond acceptors (Lipinski definition) is 10. The Bertz CT molecular complexity index is 1080. The number of carbonyl (C=O) groups excluding carboxylic acids is 5. The molecule has 2 fully saturated rings. The maximum absolute atomic E-state index is 13.8. The van der Waals surface area contributed by atoms with Gasteiger partial charge in [-0.3, -0.25) is 24.0 Å². The van der Waals surface area contributed by atoms with Crippen LogP contribution in [0, 0.1) is 0 Å². The number of ether oxygens (including phenoxy) is 4. The largest absolute Gasteiger partial charge is 0.463 e. The van der Waals surface area contributed by atoms with Gasteiger partial charge < -0.3 is 29.6 Å². The molecule has 1 aliphatic carbocycles. The Kier molecular flexibility index (Phi) is 13.1. The third-order valence-corrected chi connectivity index (χ3v) is 8.68. The van der Waals surface area contributed by atoms with Crippen molar-refractivity contribution in [2.75, 3.05) is 6.61 Å². The van der Waals surface area contributed by atoms with Crippen molar-refractivity contribution in [3.8, 4) is 0 Å². The molecule has 232 valence electrons. The number of carbonyl (C=O) groups is 5. The van der Waals surface area contributed by atoms with Crippen molar-refractivity contribution in [2.45, 2.75) is 114 Å². The molecule has 2 N–H and O–H groups in total. The molecule has 0 spiro atoms. The Morgan fingerprint density at radius 3 is 2.14 bits per heavy atom. The smallest absolute Gasteiger partial charge is 0.303 e. The highest BCUT2D eigenvalue weighted by Crippen LogP contribution is 2.38. The second-order valence-corrected chi connectivity index (χ2v) is 12.1. The number of benzene rings is 1. The minimum atomic E-state index is -1.16. The molecule has 11 nitrogen and oxygen atoms in total. The van der Waals surface area contributed by atoms with E-state index in [9.17, 15) is 24.0 Å². The van der Waals surface area contributed by atoms with Crippen molar-refractivity contribution in [1.29, 1.82) is 0 Å². The first-order valence-electron chi connectivity index (χ1n) is 14.4. The molecule has 0 bridgehead atoms. The minimum Gasteiger partial charge on any atom is -0.463 e. The molecule has 0 radical (unpaired) electrons. The summed E-state index contributed by atoms with van der Waals surface area (Å²) in [4.78, 5) is 61.9. The zero-order chi connectivity index (χ0) is 30.6. The van der Waals surface area contributed by atoms with E-state index in [1.54, 1.807) is 0 Å². The van der Waals surface area contributed by atoms with Gasteiger partial charge in [0.1, 0.15) is 30.2 Å². The third kappa shape index (κ3) is 10.6. The van der Waals surface area contributed by atoms with Gasteiger partial charge in [0.25, 0.3) is 0 Å². The molecule has 1 saturated carbocycles. The van der Waals surface area contributed by atoms with E-state index in [4.69, 9.17) is 18.9 Å². The number of esters is 3. The van der Waals surface area contributed by atoms with E-state index < -0.39 is 59.6 Å². The van der Waals surface area contributed by atoms with Crippen molar-refractivity contribution in [1.82, 2.24) is 10.6 Å². The van der Waals surface area contributed by atoms with Gasteiger partial charge in [0, 0.05) is 32.9 Å². The van der Waals surface area contributed by atoms with Crippen LogP contribution in [0.5, 0.6) is 0 Å². The van der Waals surface area contributed by atoms with Crippen LogP contribution in [0.2, 0.25) is 0 Å². The number of amides is 2. The van der Waals surface area contributed by atoms with Crippen LogP contribution in [0.4, 0.5) is 0 Å². The minimum absolute atomic E-state index is 0.227. The third-order valence-electron chi connectivity index (χ3n) is 7.15. The monoisotopic (exact) mass is 606 g/mol. The number of rotatable bonds is 12. The summed E-state index contributed by atoms with van der Waals surface area (Å²) in [5.41, 5.74) is 0.286. The molecule has 2 amide bonds. The summed E-state index contributed by atoms with van der Waals surface area (Å²) in [6.07, 6.45) is 2.79. The maximum Gasteiger partial charge on any atom is 0.303 e. The maximum atomic E-state index is 13.8. The van der Waals surface area contributed by atoms with E-state index in [1.165, 1.54) is 39.5 Å². The Labute approximate surface area is 251 Å². The zero-order valence-corrected chi connectivity index (χ0v) is 25.5. The fourth-order valence-corrected chi connectivity index (χ4v) is 6.88. The number of aryl methyl sites for hydroxylation is 1. The second-order valence-electron chi connectivity index (χ2n) is 10.7. The van der Waals surface area contributed by atoms with Crippen LogP contribution < -0.4 is 10.6 Å². The molecule has 1 aliphatic heterocycles. The van der Waals surface area contributed by atoms with Gasteiger partial charge in [0.15, 0.2) is 12.2 Å². The Hall–Kier alpha value is -3.12. The Morgan fingerprint density at radius 1 is 0.905 bits per heavy atom. The molecule has 6 atom stereocenters. The van der Waals surface area contributed by atoms with Gasteiger partial charge >= 0.3 is 17.9 Å². The first kappa shape index (κ1) is 33.4. The lowest BCUT2D eigenvalue weighted by Crippen LogP contribution is -2.67. The van der Waals surface area contributed by atoms with E-state index in [1.807, 2.05) is 30.3 Å². The highest BCUT2D eigenvalue weighted by Gasteiger charge is 2.52. The van der Waals surface area contributed by atoms with Crippen LogP contribution in [0.25, 0.3) is 0 Å². The molecule has 3 rings (SSSR count). The van der Waals surface area contributed by atoms with E-state index in [-0.39, 0.29) is 17.8 Å². The molecule has 1 aromatic rings. The van der Waals surface area contributed by atoms with Gasteiger partial charge in [0.05, 0.1) is 0 Å². The topological polar surface area (TPSA) is 146 Å². The summed E-state index contributed by atoms with van der Waals surface area (Å²) in [5.74, 6) is -2.70. The van der Waals surface area contributed by atoms with Gasteiger partial charge in [-0.15, -0.1) is 11.8 Å². The zero-order valence-electron chi connectivity index (χ0n) is 24.7. The van der Waals surface area contributed by atoms with E-state index >= 15 is 0 Å². The quantitative estimate of drug-likeness (QED) is 0.269. The van der Waals surface area contributed by atoms with E-state index in [0.717, 1.165) is 37.7 Å². The van der Waals surface area contributed by atoms with Gasteiger partial charge in [-0.05, 0) is 31.2 Å². The van der Waals surface area contributed by atoms with Crippen LogP contribution in [-0.4, -0.2) is 77.4 Å². The lowest BCUT2D eigenvalue weighted by molar-refractivity contribution is -0.212. The summed E-state index contributed by atoms with van der Waals surface area (Å²) in [5, 5.41) is 5.92. The Balaban J connectivity index is 1.93. The fourth-order valence-electron chi connectivity index (χ4n) is 5.30. The summed E-state index contributed by atoms with van der Waals surface area (Å²) in [7, 11) is 0. The summed E-state index contributed by atoms with van der Waals surface area (Å²) < 4.78 is 22.9. The predicted molar refractivity (Wildman–Crippen MR) is 155 cm³/mol. The van der Waals surface area contributed by atoms with Gasteiger partial charge in [-0.2, -0.15) is 0 Å². The van der Waals surface area contributed by atoms with E-state index in [2.05, 4.69) is 10.6 Å². The molecule has 1 heterocycles. The van der Waals surface area contributed by atoms with E-state index in [0.29, 0.717) is 12.8 Å². The normalized spacial score (nSPS) is 25.0. The highest BCUT2D eigenvalue weighted by molar-refractivity contribution is 8.00. The standard InChI is InChI=1S/C30H42N2O9S/c1-18(33)31-24(16-15-22-11-7-5-8-12-22)29(37)32-26-28(40-21(4)36)27(39-20(3)35)25(17-38-19(2)34)41-30(26)42-23-13-9-6-10-14-23/h5,7-8,11-12,23-28,30H,6,9-10,13-17H2,1-4H3,(H,31,33)(H,32,37)/t24-,25+,26+,27+,28+,30+/m0/s1. The van der Waals surface area contributed by atoms with Crippen LogP contribution >= 0.6 is 11.8 Å². The van der Waals surface area contributed by atoms with Gasteiger partial charge in [-0.25, -0.2) is 0 Å². The first-order valence-corrected chi connectivity index (χ1v) is 15.4. The lowest BCUT2D eigenvalue weighted by atomic mass is 9.96. The predicted octanol–water partition coefficient (Wildman–Crippen LogP) is 2.83. The average Bonchev–Trinajstić information content (AvgIpc) is 2.93. The van der Waals surface area contributed by atoms with Crippen molar-refractivity contribution in [3.05, 3.63) is 35.9 Å². The number of thioether (sulfide) groups is 1. The molecule has 0 unspecified atom stereocenters. The van der Waals surface area contributed by atoms with Gasteiger partial charge in [0.2, 0.25) is 11.8 Å². The molecule has 1 saturated heterocycles. The average molecular weight is 607 g/mol. The molecule has 2 aliphatic rings. The number of hydrogen-bond donors (Lipinski definition) is 2. The van der Waals surface area contributed by atoms with Crippen molar-refractivity contribution in [3.63, 3.8) is 0 Å². The number of nitrogens with one attached hydrogen (secondary N) is 2. The second kappa shape index (κ2) is 16.5. The molecule has 12 heteroatoms. The SMILES string of the molecule is CC(=O)N[C@@H](CCc1ccccc1)C(=O)N[C@@H]1[C@@H](OC(C)=O)[C@H](OC(C)=O)[C@@H](COC(C)=O)O[C@@H]1SC1CCCCC1. The van der Waals surface area contributed by atoms with Crippen molar-refractivity contribution in [2.24, 2.45) is 0 Å². The van der Waals surface area contributed by atoms with Crippen LogP contribution in [0.3, 0.4) is 0 Å². The van der Waals surface area contributed by atoms with Crippen molar-refractivity contribution >= 4 is 41.5 Å². The highest BCUT2D eigenvalue weighted by atomic mass is 32.2. The van der Waals surface area contributed by atoms with Crippen LogP contribution in [0.1, 0.15) is 71.8 Å². The van der Waals surface area contributed by atoms with Gasteiger partial charge in [-0.1, -0.05) is 49.6 Å². The Morgan fingerprint density at radius 2 is 1.55 bits per heavy atom. The molecule has 42 heavy (non-hydrogen) atoms. The van der Waals surface area contributed by atoms with Crippen LogP contribution in [0.15, 0.2) is 30.3 Å². The molecule has 0 aromatic heterocycles. The summed E-state index contributed by atoms with van der Waals surface area (Å²) >= 11 is 1.52. The molecular weight excluding hydrogens is 564 g/mol. The lowest BCUT2D eigenvalue weighted by Gasteiger charge is -2.46. The fraction of sp³-hybridized carbons (Fsp3) is 0.633. The van der Waals surface area contributed by atoms with Crippen molar-refractivity contribution < 1.29 is 42.9 Å². The summed E-state index contributed by atoms with van der Waals surface area (Å²) in [6.45, 7) is 4.79. The van der Waals surface area contributed by atoms with Crippen LogP contribution in [-0.2, 0) is 49.3 Å². The first-order chi connectivity index (χ1) is 20.0. The summed E-state index contributed by atoms with van der Waals surface area (Å²) in [6, 6.07) is 7.78. The molecular formula is C30H42N2O9S. The molecule has 1 aromatic carbocycles.